The molecule has 2 atom stereocenters. The van der Waals surface area contributed by atoms with Crippen molar-refractivity contribution in [2.24, 2.45) is 0 Å². The minimum absolute atomic E-state index is 0.208. The van der Waals surface area contributed by atoms with Crippen LogP contribution >= 0.6 is 12.2 Å². The molecule has 0 unspecified atom stereocenters. The van der Waals surface area contributed by atoms with Crippen LogP contribution in [0.5, 0.6) is 0 Å². The number of aromatic carboxylic acids is 1. The number of halogens is 1. The van der Waals surface area contributed by atoms with Crippen LogP contribution in [0.15, 0.2) is 83.4 Å². The quantitative estimate of drug-likeness (QED) is 0.362. The first-order valence-corrected chi connectivity index (χ1v) is 11.0. The number of hydrogen-bond acceptors (Lipinski definition) is 4. The molecule has 0 saturated carbocycles. The number of carbonyl (C=O) groups is 1. The summed E-state index contributed by atoms with van der Waals surface area (Å²) in [6.07, 6.45) is 1.70. The molecule has 170 valence electrons. The molecule has 1 aliphatic rings. The molecule has 0 amide bonds. The minimum Gasteiger partial charge on any atom is -0.478 e. The standard InChI is InChI=1S/C26H20FN3O3S/c1-15-14-16(25(31)32)9-10-17(15)21-11-12-22(33-21)24-23(19-7-4-5-13-28-19)29-26(34)30(24)20-8-3-2-6-18(20)27/h2-14,23-24H,1H3,(H,29,34)(H,31,32)/t23-,24-/m1/s1. The highest BCUT2D eigenvalue weighted by Crippen LogP contribution is 2.43. The van der Waals surface area contributed by atoms with Gasteiger partial charge in [0.1, 0.15) is 23.4 Å². The predicted molar refractivity (Wildman–Crippen MR) is 130 cm³/mol. The molecule has 2 N–H and O–H groups in total. The zero-order valence-electron chi connectivity index (χ0n) is 18.1. The first kappa shape index (κ1) is 21.8. The maximum Gasteiger partial charge on any atom is 0.335 e. The molecule has 1 aliphatic heterocycles. The highest BCUT2D eigenvalue weighted by atomic mass is 32.1. The Hall–Kier alpha value is -4.04. The van der Waals surface area contributed by atoms with E-state index in [-0.39, 0.29) is 11.6 Å². The Morgan fingerprint density at radius 1 is 1.12 bits per heavy atom. The van der Waals surface area contributed by atoms with Gasteiger partial charge in [0.25, 0.3) is 0 Å². The Morgan fingerprint density at radius 3 is 2.62 bits per heavy atom. The molecule has 0 spiro atoms. The monoisotopic (exact) mass is 473 g/mol. The van der Waals surface area contributed by atoms with Gasteiger partial charge in [-0.1, -0.05) is 24.3 Å². The van der Waals surface area contributed by atoms with Crippen molar-refractivity contribution in [2.45, 2.75) is 19.0 Å². The minimum atomic E-state index is -0.987. The molecule has 0 radical (unpaired) electrons. The fraction of sp³-hybridized carbons (Fsp3) is 0.115. The predicted octanol–water partition coefficient (Wildman–Crippen LogP) is 5.66. The number of nitrogens with zero attached hydrogens (tertiary/aromatic N) is 2. The summed E-state index contributed by atoms with van der Waals surface area (Å²) in [5, 5.41) is 12.9. The zero-order valence-corrected chi connectivity index (χ0v) is 18.9. The fourth-order valence-electron chi connectivity index (χ4n) is 4.28. The Morgan fingerprint density at radius 2 is 1.91 bits per heavy atom. The van der Waals surface area contributed by atoms with Gasteiger partial charge in [0.2, 0.25) is 0 Å². The van der Waals surface area contributed by atoms with Gasteiger partial charge in [-0.25, -0.2) is 9.18 Å². The highest BCUT2D eigenvalue weighted by Gasteiger charge is 2.43. The van der Waals surface area contributed by atoms with Gasteiger partial charge in [-0.05, 0) is 73.2 Å². The van der Waals surface area contributed by atoms with Gasteiger partial charge in [0.05, 0.1) is 23.0 Å². The number of carboxylic acids is 1. The summed E-state index contributed by atoms with van der Waals surface area (Å²) in [7, 11) is 0. The largest absolute Gasteiger partial charge is 0.478 e. The Kier molecular flexibility index (Phi) is 5.59. The first-order chi connectivity index (χ1) is 16.4. The maximum absolute atomic E-state index is 14.8. The summed E-state index contributed by atoms with van der Waals surface area (Å²) in [4.78, 5) is 17.5. The average Bonchev–Trinajstić information content (AvgIpc) is 3.44. The van der Waals surface area contributed by atoms with Gasteiger partial charge >= 0.3 is 5.97 Å². The number of aryl methyl sites for hydroxylation is 1. The summed E-state index contributed by atoms with van der Waals surface area (Å²) in [5.41, 5.74) is 2.83. The van der Waals surface area contributed by atoms with Crippen LogP contribution in [0.1, 0.15) is 39.5 Å². The molecule has 8 heteroatoms. The van der Waals surface area contributed by atoms with E-state index in [0.717, 1.165) is 16.8 Å². The van der Waals surface area contributed by atoms with Gasteiger partial charge < -0.3 is 19.7 Å². The number of hydrogen-bond donors (Lipinski definition) is 2. The van der Waals surface area contributed by atoms with Crippen LogP contribution in [0.3, 0.4) is 0 Å². The number of benzene rings is 2. The summed E-state index contributed by atoms with van der Waals surface area (Å²) < 4.78 is 21.1. The van der Waals surface area contributed by atoms with Gasteiger partial charge in [-0.2, -0.15) is 0 Å². The number of thiocarbonyl (C=S) groups is 1. The molecule has 0 aliphatic carbocycles. The van der Waals surface area contributed by atoms with E-state index in [1.54, 1.807) is 47.5 Å². The van der Waals surface area contributed by atoms with E-state index in [2.05, 4.69) is 10.3 Å². The topological polar surface area (TPSA) is 78.6 Å². The van der Waals surface area contributed by atoms with Crippen molar-refractivity contribution in [2.75, 3.05) is 4.90 Å². The number of pyridine rings is 1. The van der Waals surface area contributed by atoms with Crippen LogP contribution in [0.4, 0.5) is 10.1 Å². The maximum atomic E-state index is 14.8. The number of nitrogens with one attached hydrogen (secondary N) is 1. The van der Waals surface area contributed by atoms with Crippen LogP contribution in [0.25, 0.3) is 11.3 Å². The van der Waals surface area contributed by atoms with E-state index < -0.39 is 17.8 Å². The zero-order chi connectivity index (χ0) is 23.8. The molecule has 4 aromatic rings. The van der Waals surface area contributed by atoms with E-state index in [9.17, 15) is 14.3 Å². The number of rotatable bonds is 5. The van der Waals surface area contributed by atoms with E-state index in [0.29, 0.717) is 22.3 Å². The molecule has 1 saturated heterocycles. The van der Waals surface area contributed by atoms with E-state index in [1.807, 2.05) is 37.3 Å². The number of aromatic nitrogens is 1. The molecular formula is C26H20FN3O3S. The lowest BCUT2D eigenvalue weighted by atomic mass is 10.0. The average molecular weight is 474 g/mol. The summed E-state index contributed by atoms with van der Waals surface area (Å²) >= 11 is 5.62. The molecule has 2 aromatic carbocycles. The van der Waals surface area contributed by atoms with Crippen molar-refractivity contribution in [3.63, 3.8) is 0 Å². The Bertz CT molecular complexity index is 1390. The van der Waals surface area contributed by atoms with Crippen LogP contribution in [-0.2, 0) is 0 Å². The molecule has 3 heterocycles. The molecule has 2 aromatic heterocycles. The lowest BCUT2D eigenvalue weighted by Gasteiger charge is -2.26. The summed E-state index contributed by atoms with van der Waals surface area (Å²) in [6, 6.07) is 19.7. The lowest BCUT2D eigenvalue weighted by Crippen LogP contribution is -2.30. The van der Waals surface area contributed by atoms with Crippen LogP contribution in [0, 0.1) is 12.7 Å². The van der Waals surface area contributed by atoms with Crippen LogP contribution in [-0.4, -0.2) is 21.2 Å². The first-order valence-electron chi connectivity index (χ1n) is 10.6. The van der Waals surface area contributed by atoms with Gasteiger partial charge in [0, 0.05) is 11.8 Å². The van der Waals surface area contributed by atoms with Crippen LogP contribution in [0.2, 0.25) is 0 Å². The van der Waals surface area contributed by atoms with Gasteiger partial charge in [0.15, 0.2) is 5.11 Å². The third kappa shape index (κ3) is 3.82. The van der Waals surface area contributed by atoms with E-state index in [1.165, 1.54) is 6.07 Å². The molecule has 6 nitrogen and oxygen atoms in total. The molecule has 34 heavy (non-hydrogen) atoms. The molecule has 5 rings (SSSR count). The Labute approximate surface area is 200 Å². The summed E-state index contributed by atoms with van der Waals surface area (Å²) in [5.74, 6) is -0.234. The number of para-hydroxylation sites is 1. The van der Waals surface area contributed by atoms with E-state index in [4.69, 9.17) is 16.6 Å². The van der Waals surface area contributed by atoms with Crippen molar-refractivity contribution < 1.29 is 18.7 Å². The normalized spacial score (nSPS) is 17.6. The third-order valence-corrected chi connectivity index (χ3v) is 6.18. The van der Waals surface area contributed by atoms with Crippen molar-refractivity contribution in [1.29, 1.82) is 0 Å². The molecule has 1 fully saturated rings. The van der Waals surface area contributed by atoms with Crippen LogP contribution < -0.4 is 10.2 Å². The summed E-state index contributed by atoms with van der Waals surface area (Å²) in [6.45, 7) is 1.83. The van der Waals surface area contributed by atoms with E-state index >= 15 is 0 Å². The fourth-order valence-corrected chi connectivity index (χ4v) is 4.62. The second-order valence-corrected chi connectivity index (χ2v) is 8.37. The lowest BCUT2D eigenvalue weighted by molar-refractivity contribution is 0.0696. The Balaban J connectivity index is 1.60. The highest BCUT2D eigenvalue weighted by molar-refractivity contribution is 7.80. The number of anilines is 1. The smallest absolute Gasteiger partial charge is 0.335 e. The van der Waals surface area contributed by atoms with Gasteiger partial charge in [-0.15, -0.1) is 0 Å². The second-order valence-electron chi connectivity index (χ2n) is 7.98. The number of carboxylic acid groups (broad SMARTS) is 1. The van der Waals surface area contributed by atoms with Crippen molar-refractivity contribution in [3.05, 3.63) is 107 Å². The van der Waals surface area contributed by atoms with Crippen molar-refractivity contribution >= 4 is 29.0 Å². The molecular weight excluding hydrogens is 453 g/mol. The van der Waals surface area contributed by atoms with Gasteiger partial charge in [-0.3, -0.25) is 4.98 Å². The molecule has 0 bridgehead atoms. The van der Waals surface area contributed by atoms with Crippen molar-refractivity contribution in [1.82, 2.24) is 10.3 Å². The van der Waals surface area contributed by atoms with Crippen molar-refractivity contribution in [3.8, 4) is 11.3 Å². The SMILES string of the molecule is Cc1cc(C(=O)O)ccc1-c1ccc([C@@H]2[C@@H](c3ccccn3)NC(=S)N2c2ccccc2F)o1. The second kappa shape index (κ2) is 8.72. The third-order valence-electron chi connectivity index (χ3n) is 5.87. The number of furan rings is 1.